The normalized spacial score (nSPS) is 23.4. The van der Waals surface area contributed by atoms with E-state index in [0.717, 1.165) is 23.4 Å². The van der Waals surface area contributed by atoms with Crippen LogP contribution in [0, 0.1) is 19.8 Å². The van der Waals surface area contributed by atoms with Gasteiger partial charge in [-0.1, -0.05) is 12.1 Å². The molecule has 2 atom stereocenters. The molecule has 2 fully saturated rings. The minimum absolute atomic E-state index is 0.00653. The van der Waals surface area contributed by atoms with Gasteiger partial charge >= 0.3 is 6.03 Å². The number of morpholine rings is 1. The molecule has 1 saturated carbocycles. The van der Waals surface area contributed by atoms with Gasteiger partial charge in [0.2, 0.25) is 0 Å². The van der Waals surface area contributed by atoms with Gasteiger partial charge < -0.3 is 19.5 Å². The molecule has 2 heterocycles. The third-order valence-corrected chi connectivity index (χ3v) is 4.74. The highest BCUT2D eigenvalue weighted by atomic mass is 16.5. The summed E-state index contributed by atoms with van der Waals surface area (Å²) in [5, 5.41) is 7.16. The van der Waals surface area contributed by atoms with Gasteiger partial charge in [0.1, 0.15) is 5.76 Å². The van der Waals surface area contributed by atoms with Crippen molar-refractivity contribution in [1.82, 2.24) is 15.4 Å². The molecule has 1 aromatic rings. The van der Waals surface area contributed by atoms with E-state index in [2.05, 4.69) is 17.4 Å². The summed E-state index contributed by atoms with van der Waals surface area (Å²) in [6.07, 6.45) is 3.23. The third kappa shape index (κ3) is 2.97. The van der Waals surface area contributed by atoms with E-state index in [-0.39, 0.29) is 18.1 Å². The van der Waals surface area contributed by atoms with E-state index in [4.69, 9.17) is 9.26 Å². The number of hydrogen-bond acceptors (Lipinski definition) is 4. The van der Waals surface area contributed by atoms with E-state index in [0.29, 0.717) is 25.7 Å². The zero-order chi connectivity index (χ0) is 15.7. The molecule has 22 heavy (non-hydrogen) atoms. The van der Waals surface area contributed by atoms with Crippen LogP contribution in [0.2, 0.25) is 0 Å². The monoisotopic (exact) mass is 307 g/mol. The number of aryl methyl sites for hydroxylation is 2. The first-order valence-electron chi connectivity index (χ1n) is 8.19. The van der Waals surface area contributed by atoms with E-state index in [1.807, 2.05) is 18.7 Å². The van der Waals surface area contributed by atoms with Gasteiger partial charge in [0, 0.05) is 12.1 Å². The lowest BCUT2D eigenvalue weighted by atomic mass is 10.0. The van der Waals surface area contributed by atoms with Crippen molar-refractivity contribution in [3.05, 3.63) is 17.0 Å². The molecule has 6 nitrogen and oxygen atoms in total. The number of aromatic nitrogens is 1. The zero-order valence-electron chi connectivity index (χ0n) is 13.6. The molecule has 0 bridgehead atoms. The molecular weight excluding hydrogens is 282 g/mol. The number of carbonyl (C=O) groups is 1. The van der Waals surface area contributed by atoms with Gasteiger partial charge in [0.15, 0.2) is 0 Å². The van der Waals surface area contributed by atoms with E-state index >= 15 is 0 Å². The summed E-state index contributed by atoms with van der Waals surface area (Å²) in [4.78, 5) is 14.7. The Morgan fingerprint density at radius 3 is 2.82 bits per heavy atom. The van der Waals surface area contributed by atoms with Crippen LogP contribution in [0.5, 0.6) is 0 Å². The molecule has 0 aromatic carbocycles. The Bertz CT molecular complexity index is 519. The Kier molecular flexibility index (Phi) is 4.38. The summed E-state index contributed by atoms with van der Waals surface area (Å²) in [5.74, 6) is 1.40. The van der Waals surface area contributed by atoms with Crippen molar-refractivity contribution in [2.45, 2.75) is 52.1 Å². The van der Waals surface area contributed by atoms with Crippen molar-refractivity contribution in [3.63, 3.8) is 0 Å². The number of amides is 2. The van der Waals surface area contributed by atoms with Gasteiger partial charge in [0.05, 0.1) is 31.0 Å². The molecule has 1 aliphatic heterocycles. The Morgan fingerprint density at radius 1 is 1.45 bits per heavy atom. The van der Waals surface area contributed by atoms with E-state index in [9.17, 15) is 4.79 Å². The maximum absolute atomic E-state index is 12.7. The number of nitrogens with one attached hydrogen (secondary N) is 1. The molecule has 2 aliphatic rings. The van der Waals surface area contributed by atoms with Crippen LogP contribution in [-0.2, 0) is 4.74 Å². The van der Waals surface area contributed by atoms with Crippen LogP contribution in [0.3, 0.4) is 0 Å². The highest BCUT2D eigenvalue weighted by Crippen LogP contribution is 2.36. The minimum atomic E-state index is -0.0542. The molecule has 2 unspecified atom stereocenters. The van der Waals surface area contributed by atoms with Crippen LogP contribution in [0.1, 0.15) is 49.2 Å². The Hall–Kier alpha value is -1.56. The van der Waals surface area contributed by atoms with Gasteiger partial charge in [-0.15, -0.1) is 0 Å². The number of rotatable bonds is 4. The third-order valence-electron chi connectivity index (χ3n) is 4.74. The summed E-state index contributed by atoms with van der Waals surface area (Å²) in [6, 6.07) is 0.185. The van der Waals surface area contributed by atoms with Crippen molar-refractivity contribution >= 4 is 6.03 Å². The fourth-order valence-electron chi connectivity index (χ4n) is 3.34. The molecule has 1 aromatic heterocycles. The maximum atomic E-state index is 12.7. The van der Waals surface area contributed by atoms with E-state index in [1.54, 1.807) is 0 Å². The molecule has 0 spiro atoms. The van der Waals surface area contributed by atoms with Crippen LogP contribution >= 0.6 is 0 Å². The summed E-state index contributed by atoms with van der Waals surface area (Å²) in [7, 11) is 0. The Morgan fingerprint density at radius 2 is 2.23 bits per heavy atom. The van der Waals surface area contributed by atoms with Gasteiger partial charge in [-0.3, -0.25) is 0 Å². The molecule has 2 amide bonds. The fourth-order valence-corrected chi connectivity index (χ4v) is 3.34. The van der Waals surface area contributed by atoms with Crippen molar-refractivity contribution < 1.29 is 14.1 Å². The lowest BCUT2D eigenvalue weighted by molar-refractivity contribution is 0.00407. The number of carbonyl (C=O) groups excluding carboxylic acids is 1. The SMILES string of the molecule is CCC(NC(=O)N1CCOCC1C1CC1)c1c(C)noc1C. The molecule has 0 radical (unpaired) electrons. The average molecular weight is 307 g/mol. The van der Waals surface area contributed by atoms with Crippen LogP contribution in [-0.4, -0.2) is 41.9 Å². The highest BCUT2D eigenvalue weighted by molar-refractivity contribution is 5.75. The van der Waals surface area contributed by atoms with Gasteiger partial charge in [-0.05, 0) is 39.0 Å². The second-order valence-corrected chi connectivity index (χ2v) is 6.32. The smallest absolute Gasteiger partial charge is 0.318 e. The summed E-state index contributed by atoms with van der Waals surface area (Å²) in [6.45, 7) is 7.84. The molecule has 6 heteroatoms. The first-order chi connectivity index (χ1) is 10.6. The summed E-state index contributed by atoms with van der Waals surface area (Å²) < 4.78 is 10.8. The van der Waals surface area contributed by atoms with Crippen LogP contribution in [0.25, 0.3) is 0 Å². The number of ether oxygens (including phenoxy) is 1. The van der Waals surface area contributed by atoms with Gasteiger partial charge in [-0.2, -0.15) is 0 Å². The topological polar surface area (TPSA) is 67.6 Å². The molecule has 1 saturated heterocycles. The highest BCUT2D eigenvalue weighted by Gasteiger charge is 2.39. The van der Waals surface area contributed by atoms with Gasteiger partial charge in [0.25, 0.3) is 0 Å². The quantitative estimate of drug-likeness (QED) is 0.928. The molecule has 122 valence electrons. The lowest BCUT2D eigenvalue weighted by Crippen LogP contribution is -2.53. The lowest BCUT2D eigenvalue weighted by Gasteiger charge is -2.36. The predicted molar refractivity (Wildman–Crippen MR) is 81.6 cm³/mol. The van der Waals surface area contributed by atoms with Crippen molar-refractivity contribution in [1.29, 1.82) is 0 Å². The van der Waals surface area contributed by atoms with Gasteiger partial charge in [-0.25, -0.2) is 4.79 Å². The van der Waals surface area contributed by atoms with Crippen LogP contribution in [0.4, 0.5) is 4.79 Å². The van der Waals surface area contributed by atoms with Crippen LogP contribution < -0.4 is 5.32 Å². The summed E-state index contributed by atoms with van der Waals surface area (Å²) in [5.41, 5.74) is 1.86. The molecular formula is C16H25N3O3. The molecule has 1 N–H and O–H groups in total. The zero-order valence-corrected chi connectivity index (χ0v) is 13.6. The van der Waals surface area contributed by atoms with Crippen LogP contribution in [0.15, 0.2) is 4.52 Å². The number of hydrogen-bond donors (Lipinski definition) is 1. The van der Waals surface area contributed by atoms with Crippen molar-refractivity contribution in [2.24, 2.45) is 5.92 Å². The first kappa shape index (κ1) is 15.3. The Balaban J connectivity index is 1.71. The van der Waals surface area contributed by atoms with Crippen molar-refractivity contribution in [2.75, 3.05) is 19.8 Å². The average Bonchev–Trinajstić information content (AvgIpc) is 3.32. The van der Waals surface area contributed by atoms with E-state index in [1.165, 1.54) is 12.8 Å². The summed E-state index contributed by atoms with van der Waals surface area (Å²) >= 11 is 0. The molecule has 3 rings (SSSR count). The predicted octanol–water partition coefficient (Wildman–Crippen LogP) is 2.56. The maximum Gasteiger partial charge on any atom is 0.318 e. The second-order valence-electron chi connectivity index (χ2n) is 6.32. The standard InChI is InChI=1S/C16H25N3O3/c1-4-13(15-10(2)18-22-11(15)3)17-16(20)19-7-8-21-9-14(19)12-5-6-12/h12-14H,4-9H2,1-3H3,(H,17,20). The first-order valence-corrected chi connectivity index (χ1v) is 8.19. The van der Waals surface area contributed by atoms with E-state index < -0.39 is 0 Å². The second kappa shape index (κ2) is 6.28. The Labute approximate surface area is 131 Å². The fraction of sp³-hybridized carbons (Fsp3) is 0.750. The largest absolute Gasteiger partial charge is 0.377 e. The minimum Gasteiger partial charge on any atom is -0.377 e. The number of nitrogens with zero attached hydrogens (tertiary/aromatic N) is 2. The molecule has 1 aliphatic carbocycles. The number of urea groups is 1. The van der Waals surface area contributed by atoms with Crippen molar-refractivity contribution in [3.8, 4) is 0 Å².